The Kier molecular flexibility index (Phi) is 10.7. The number of ether oxygens (including phenoxy) is 2. The van der Waals surface area contributed by atoms with Gasteiger partial charge in [0.05, 0.1) is 31.9 Å². The maximum absolute atomic E-state index is 12.5. The van der Waals surface area contributed by atoms with Gasteiger partial charge in [0.25, 0.3) is 0 Å². The molecule has 0 spiro atoms. The van der Waals surface area contributed by atoms with Gasteiger partial charge in [-0.15, -0.1) is 22.7 Å². The number of hydrogen-bond donors (Lipinski definition) is 2. The molecule has 0 aliphatic rings. The summed E-state index contributed by atoms with van der Waals surface area (Å²) in [7, 11) is 0. The second-order valence-corrected chi connectivity index (χ2v) is 16.0. The van der Waals surface area contributed by atoms with Crippen molar-refractivity contribution in [3.63, 3.8) is 0 Å². The Labute approximate surface area is 313 Å². The zero-order valence-corrected chi connectivity index (χ0v) is 30.5. The Balaban J connectivity index is 0.866. The van der Waals surface area contributed by atoms with Crippen LogP contribution in [0.3, 0.4) is 0 Å². The van der Waals surface area contributed by atoms with Crippen molar-refractivity contribution in [2.75, 3.05) is 22.1 Å². The number of thiazole rings is 2. The van der Waals surface area contributed by atoms with Crippen LogP contribution in [0.25, 0.3) is 20.4 Å². The number of nitrogens with one attached hydrogen (secondary N) is 2. The number of halogens is 2. The summed E-state index contributed by atoms with van der Waals surface area (Å²) in [5, 5.41) is 7.08. The summed E-state index contributed by atoms with van der Waals surface area (Å²) in [5.41, 5.74) is 2.98. The van der Waals surface area contributed by atoms with E-state index in [9.17, 15) is 9.59 Å². The molecule has 8 nitrogen and oxygen atoms in total. The van der Waals surface area contributed by atoms with Crippen LogP contribution in [0.1, 0.15) is 0 Å². The highest BCUT2D eigenvalue weighted by Crippen LogP contribution is 2.33. The van der Waals surface area contributed by atoms with Crippen LogP contribution in [0.2, 0.25) is 10.0 Å². The molecule has 0 saturated heterocycles. The van der Waals surface area contributed by atoms with E-state index in [0.29, 0.717) is 44.4 Å². The standard InChI is InChI=1S/C36H24Cl2N4O4S4/c37-21-4-14-31-29(16-21)41-35(49-31)47-19-33(43)39-23-6-10-25(11-7-23)45-27-2-1-3-28(18-27)46-26-12-8-24(9-13-26)40-34(44)20-48-36-42-30-17-22(38)5-15-32(30)50-36/h1-18H,19-20H2,(H,39,43)(H,40,44). The van der Waals surface area contributed by atoms with Crippen LogP contribution in [0, 0.1) is 0 Å². The third-order valence-corrected chi connectivity index (χ3v) is 11.7. The average Bonchev–Trinajstić information content (AvgIpc) is 3.71. The number of aromatic nitrogens is 2. The largest absolute Gasteiger partial charge is 0.457 e. The number of fused-ring (bicyclic) bond motifs is 2. The first-order valence-electron chi connectivity index (χ1n) is 14.9. The second kappa shape index (κ2) is 15.7. The van der Waals surface area contributed by atoms with Crippen molar-refractivity contribution in [3.8, 4) is 23.0 Å². The summed E-state index contributed by atoms with van der Waals surface area (Å²) in [6, 6.07) is 32.7. The molecule has 0 fully saturated rings. The molecule has 0 saturated carbocycles. The molecule has 2 amide bonds. The lowest BCUT2D eigenvalue weighted by molar-refractivity contribution is -0.114. The summed E-state index contributed by atoms with van der Waals surface area (Å²) < 4.78 is 15.7. The van der Waals surface area contributed by atoms with E-state index in [1.54, 1.807) is 54.6 Å². The summed E-state index contributed by atoms with van der Waals surface area (Å²) in [6.07, 6.45) is 0. The number of carbonyl (C=O) groups is 2. The minimum absolute atomic E-state index is 0.132. The third kappa shape index (κ3) is 9.08. The lowest BCUT2D eigenvalue weighted by atomic mass is 10.2. The molecule has 0 aliphatic heterocycles. The number of thioether (sulfide) groups is 2. The van der Waals surface area contributed by atoms with Gasteiger partial charge in [-0.2, -0.15) is 0 Å². The summed E-state index contributed by atoms with van der Waals surface area (Å²) in [6.45, 7) is 0. The monoisotopic (exact) mass is 774 g/mol. The Morgan fingerprint density at radius 2 is 1.02 bits per heavy atom. The van der Waals surface area contributed by atoms with Gasteiger partial charge in [0, 0.05) is 27.5 Å². The first-order valence-corrected chi connectivity index (χ1v) is 19.3. The van der Waals surface area contributed by atoms with E-state index in [1.165, 1.54) is 46.2 Å². The van der Waals surface area contributed by atoms with Gasteiger partial charge >= 0.3 is 0 Å². The van der Waals surface area contributed by atoms with Crippen LogP contribution < -0.4 is 20.1 Å². The van der Waals surface area contributed by atoms with Gasteiger partial charge < -0.3 is 20.1 Å². The molecule has 250 valence electrons. The average molecular weight is 776 g/mol. The van der Waals surface area contributed by atoms with E-state index in [0.717, 1.165) is 29.1 Å². The van der Waals surface area contributed by atoms with Crippen LogP contribution in [-0.4, -0.2) is 33.3 Å². The molecule has 2 aromatic heterocycles. The molecule has 5 aromatic carbocycles. The maximum atomic E-state index is 12.5. The quantitative estimate of drug-likeness (QED) is 0.118. The van der Waals surface area contributed by atoms with E-state index in [-0.39, 0.29) is 23.3 Å². The van der Waals surface area contributed by atoms with E-state index in [1.807, 2.05) is 54.6 Å². The number of amides is 2. The SMILES string of the molecule is O=C(CSc1nc2cc(Cl)ccc2s1)Nc1ccc(Oc2cccc(Oc3ccc(NC(=O)CSc4nc5cc(Cl)ccc5s4)cc3)c2)cc1. The van der Waals surface area contributed by atoms with Crippen molar-refractivity contribution in [2.24, 2.45) is 0 Å². The zero-order valence-electron chi connectivity index (χ0n) is 25.7. The fourth-order valence-corrected chi connectivity index (χ4v) is 8.65. The summed E-state index contributed by atoms with van der Waals surface area (Å²) in [5.74, 6) is 2.59. The van der Waals surface area contributed by atoms with E-state index in [4.69, 9.17) is 32.7 Å². The van der Waals surface area contributed by atoms with Crippen LogP contribution >= 0.6 is 69.4 Å². The summed E-state index contributed by atoms with van der Waals surface area (Å²) in [4.78, 5) is 34.2. The van der Waals surface area contributed by atoms with Gasteiger partial charge in [0.2, 0.25) is 11.8 Å². The van der Waals surface area contributed by atoms with Crippen LogP contribution in [-0.2, 0) is 9.59 Å². The van der Waals surface area contributed by atoms with Gasteiger partial charge in [0.15, 0.2) is 8.68 Å². The number of anilines is 2. The van der Waals surface area contributed by atoms with Gasteiger partial charge in [0.1, 0.15) is 23.0 Å². The molecule has 14 heteroatoms. The van der Waals surface area contributed by atoms with Gasteiger partial charge in [-0.25, -0.2) is 9.97 Å². The van der Waals surface area contributed by atoms with Crippen molar-refractivity contribution in [1.82, 2.24) is 9.97 Å². The molecule has 0 radical (unpaired) electrons. The fraction of sp³-hybridized carbons (Fsp3) is 0.0556. The molecule has 7 rings (SSSR count). The van der Waals surface area contributed by atoms with Gasteiger partial charge in [-0.3, -0.25) is 9.59 Å². The minimum atomic E-state index is -0.132. The Bertz CT molecular complexity index is 2160. The number of hydrogen-bond acceptors (Lipinski definition) is 10. The van der Waals surface area contributed by atoms with E-state index in [2.05, 4.69) is 20.6 Å². The van der Waals surface area contributed by atoms with Crippen molar-refractivity contribution in [1.29, 1.82) is 0 Å². The number of rotatable bonds is 12. The Morgan fingerprint density at radius 3 is 1.46 bits per heavy atom. The first kappa shape index (κ1) is 34.2. The molecule has 0 unspecified atom stereocenters. The number of benzene rings is 5. The first-order chi connectivity index (χ1) is 24.3. The Morgan fingerprint density at radius 1 is 0.580 bits per heavy atom. The highest BCUT2D eigenvalue weighted by atomic mass is 35.5. The van der Waals surface area contributed by atoms with E-state index < -0.39 is 0 Å². The smallest absolute Gasteiger partial charge is 0.234 e. The highest BCUT2D eigenvalue weighted by Gasteiger charge is 2.11. The van der Waals surface area contributed by atoms with Crippen molar-refractivity contribution >= 4 is 113 Å². The predicted molar refractivity (Wildman–Crippen MR) is 207 cm³/mol. The topological polar surface area (TPSA) is 102 Å². The van der Waals surface area contributed by atoms with Crippen LogP contribution in [0.15, 0.2) is 118 Å². The van der Waals surface area contributed by atoms with Crippen molar-refractivity contribution < 1.29 is 19.1 Å². The predicted octanol–water partition coefficient (Wildman–Crippen LogP) is 11.3. The lowest BCUT2D eigenvalue weighted by Crippen LogP contribution is -2.13. The van der Waals surface area contributed by atoms with Crippen molar-refractivity contribution in [3.05, 3.63) is 119 Å². The Hall–Kier alpha value is -4.30. The van der Waals surface area contributed by atoms with Crippen LogP contribution in [0.4, 0.5) is 11.4 Å². The highest BCUT2D eigenvalue weighted by molar-refractivity contribution is 8.02. The molecule has 0 atom stereocenters. The molecule has 0 bridgehead atoms. The third-order valence-electron chi connectivity index (χ3n) is 6.87. The molecule has 2 heterocycles. The van der Waals surface area contributed by atoms with Gasteiger partial charge in [-0.1, -0.05) is 52.8 Å². The van der Waals surface area contributed by atoms with E-state index >= 15 is 0 Å². The maximum Gasteiger partial charge on any atom is 0.234 e. The second-order valence-electron chi connectivity index (χ2n) is 10.6. The molecule has 0 aliphatic carbocycles. The molecule has 7 aromatic rings. The lowest BCUT2D eigenvalue weighted by Gasteiger charge is -2.11. The molecule has 50 heavy (non-hydrogen) atoms. The normalized spacial score (nSPS) is 11.1. The van der Waals surface area contributed by atoms with Crippen molar-refractivity contribution in [2.45, 2.75) is 8.68 Å². The number of carbonyl (C=O) groups excluding carboxylic acids is 2. The molecular weight excluding hydrogens is 752 g/mol. The summed E-state index contributed by atoms with van der Waals surface area (Å²) >= 11 is 17.9. The minimum Gasteiger partial charge on any atom is -0.457 e. The fourth-order valence-electron chi connectivity index (χ4n) is 4.62. The zero-order chi connectivity index (χ0) is 34.5. The number of nitrogens with zero attached hydrogens (tertiary/aromatic N) is 2. The molecule has 2 N–H and O–H groups in total. The van der Waals surface area contributed by atoms with Crippen LogP contribution in [0.5, 0.6) is 23.0 Å². The molecular formula is C36H24Cl2N4O4S4. The van der Waals surface area contributed by atoms with Gasteiger partial charge in [-0.05, 0) is 97.1 Å².